The first-order chi connectivity index (χ1) is 12.7. The molecule has 0 unspecified atom stereocenters. The molecule has 0 nitrogen and oxygen atoms in total. The molecule has 0 aliphatic carbocycles. The Morgan fingerprint density at radius 2 is 1.31 bits per heavy atom. The van der Waals surface area contributed by atoms with E-state index in [9.17, 15) is 4.39 Å². The summed E-state index contributed by atoms with van der Waals surface area (Å²) in [5.41, 5.74) is 3.73. The molecule has 0 radical (unpaired) electrons. The Morgan fingerprint density at radius 1 is 0.654 bits per heavy atom. The van der Waals surface area contributed by atoms with Gasteiger partial charge in [-0.2, -0.15) is 0 Å². The van der Waals surface area contributed by atoms with E-state index in [4.69, 9.17) is 11.6 Å². The predicted octanol–water partition coefficient (Wildman–Crippen LogP) is 7.08. The average Bonchev–Trinajstić information content (AvgIpc) is 2.67. The molecule has 4 rings (SSSR count). The van der Waals surface area contributed by atoms with Crippen LogP contribution in [0.25, 0.3) is 21.9 Å². The Kier molecular flexibility index (Phi) is 4.73. The van der Waals surface area contributed by atoms with E-state index in [1.165, 1.54) is 16.3 Å². The van der Waals surface area contributed by atoms with E-state index in [1.54, 1.807) is 18.2 Å². The minimum Gasteiger partial charge on any atom is -0.206 e. The van der Waals surface area contributed by atoms with Gasteiger partial charge in [0.1, 0.15) is 5.82 Å². The number of rotatable bonds is 4. The molecule has 0 atom stereocenters. The second-order valence-corrected chi connectivity index (χ2v) is 6.94. The molecule has 128 valence electrons. The van der Waals surface area contributed by atoms with Crippen molar-refractivity contribution in [3.8, 4) is 11.1 Å². The van der Waals surface area contributed by atoms with Crippen molar-refractivity contribution in [1.29, 1.82) is 0 Å². The van der Waals surface area contributed by atoms with Crippen molar-refractivity contribution in [1.82, 2.24) is 0 Å². The molecule has 0 saturated carbocycles. The second-order valence-electron chi connectivity index (χ2n) is 6.50. The summed E-state index contributed by atoms with van der Waals surface area (Å²) in [7, 11) is 0. The van der Waals surface area contributed by atoms with E-state index in [1.807, 2.05) is 30.3 Å². The van der Waals surface area contributed by atoms with Gasteiger partial charge >= 0.3 is 0 Å². The molecule has 0 N–H and O–H groups in total. The van der Waals surface area contributed by atoms with Gasteiger partial charge in [-0.3, -0.25) is 0 Å². The smallest absolute Gasteiger partial charge is 0.131 e. The molecule has 0 aromatic heterocycles. The Labute approximate surface area is 157 Å². The number of halogens is 2. The van der Waals surface area contributed by atoms with Crippen LogP contribution >= 0.6 is 11.6 Å². The average molecular weight is 361 g/mol. The van der Waals surface area contributed by atoms with Crippen LogP contribution in [-0.4, -0.2) is 0 Å². The van der Waals surface area contributed by atoms with Gasteiger partial charge < -0.3 is 0 Å². The lowest BCUT2D eigenvalue weighted by Crippen LogP contribution is -1.94. The fourth-order valence-electron chi connectivity index (χ4n) is 3.26. The fraction of sp³-hybridized carbons (Fsp3) is 0.0833. The largest absolute Gasteiger partial charge is 0.206 e. The molecule has 0 bridgehead atoms. The minimum atomic E-state index is -0.191. The molecule has 4 aromatic rings. The zero-order chi connectivity index (χ0) is 17.9. The molecule has 0 heterocycles. The minimum absolute atomic E-state index is 0.191. The summed E-state index contributed by atoms with van der Waals surface area (Å²) in [6, 6.07) is 27.6. The molecule has 0 amide bonds. The summed E-state index contributed by atoms with van der Waals surface area (Å²) in [6.07, 6.45) is 1.71. The zero-order valence-electron chi connectivity index (χ0n) is 14.3. The fourth-order valence-corrected chi connectivity index (χ4v) is 3.39. The Bertz CT molecular complexity index is 1050. The molecule has 0 aliphatic heterocycles. The Morgan fingerprint density at radius 3 is 2.04 bits per heavy atom. The number of hydrogen-bond acceptors (Lipinski definition) is 0. The molecule has 0 saturated heterocycles. The number of fused-ring (bicyclic) bond motifs is 1. The van der Waals surface area contributed by atoms with E-state index in [0.29, 0.717) is 10.6 Å². The van der Waals surface area contributed by atoms with Crippen LogP contribution in [0.15, 0.2) is 84.9 Å². The first-order valence-electron chi connectivity index (χ1n) is 8.71. The van der Waals surface area contributed by atoms with Gasteiger partial charge in [-0.15, -0.1) is 0 Å². The topological polar surface area (TPSA) is 0 Å². The number of benzene rings is 4. The van der Waals surface area contributed by atoms with Gasteiger partial charge in [0.2, 0.25) is 0 Å². The summed E-state index contributed by atoms with van der Waals surface area (Å²) in [6.45, 7) is 0. The molecule has 4 aromatic carbocycles. The predicted molar refractivity (Wildman–Crippen MR) is 108 cm³/mol. The van der Waals surface area contributed by atoms with Gasteiger partial charge in [-0.25, -0.2) is 4.39 Å². The molecule has 0 fully saturated rings. The molecular formula is C24H18ClF. The van der Waals surface area contributed by atoms with Gasteiger partial charge in [0, 0.05) is 10.6 Å². The van der Waals surface area contributed by atoms with E-state index in [2.05, 4.69) is 36.4 Å². The van der Waals surface area contributed by atoms with Gasteiger partial charge in [0.15, 0.2) is 0 Å². The maximum atomic E-state index is 14.5. The lowest BCUT2D eigenvalue weighted by molar-refractivity contribution is 0.628. The van der Waals surface area contributed by atoms with Crippen LogP contribution in [0.2, 0.25) is 5.02 Å². The molecular weight excluding hydrogens is 343 g/mol. The van der Waals surface area contributed by atoms with Crippen LogP contribution < -0.4 is 0 Å². The van der Waals surface area contributed by atoms with Gasteiger partial charge in [0.05, 0.1) is 0 Å². The highest BCUT2D eigenvalue weighted by Crippen LogP contribution is 2.26. The first-order valence-corrected chi connectivity index (χ1v) is 9.09. The summed E-state index contributed by atoms with van der Waals surface area (Å²) >= 11 is 5.91. The maximum Gasteiger partial charge on any atom is 0.131 e. The standard InChI is InChI=1S/C24H18ClF/c25-22-12-10-20(11-13-22)23-14-8-18(16-24(23)26)6-5-17-7-9-19-3-1-2-4-21(19)15-17/h1-4,7-16H,5-6H2. The molecule has 0 spiro atoms. The molecule has 2 heteroatoms. The SMILES string of the molecule is Fc1cc(CCc2ccc3ccccc3c2)ccc1-c1ccc(Cl)cc1. The monoisotopic (exact) mass is 360 g/mol. The Hall–Kier alpha value is -2.64. The van der Waals surface area contributed by atoms with Gasteiger partial charge in [0.25, 0.3) is 0 Å². The van der Waals surface area contributed by atoms with Crippen molar-refractivity contribution in [2.45, 2.75) is 12.8 Å². The van der Waals surface area contributed by atoms with Crippen molar-refractivity contribution in [3.05, 3.63) is 107 Å². The second kappa shape index (κ2) is 7.31. The lowest BCUT2D eigenvalue weighted by atomic mass is 9.98. The zero-order valence-corrected chi connectivity index (χ0v) is 15.0. The third-order valence-corrected chi connectivity index (χ3v) is 4.96. The van der Waals surface area contributed by atoms with E-state index < -0.39 is 0 Å². The molecule has 26 heavy (non-hydrogen) atoms. The van der Waals surface area contributed by atoms with Crippen LogP contribution in [0.5, 0.6) is 0 Å². The van der Waals surface area contributed by atoms with Gasteiger partial charge in [-0.05, 0) is 58.5 Å². The number of hydrogen-bond donors (Lipinski definition) is 0. The quantitative estimate of drug-likeness (QED) is 0.364. The van der Waals surface area contributed by atoms with Crippen LogP contribution in [0.4, 0.5) is 4.39 Å². The van der Waals surface area contributed by atoms with E-state index in [-0.39, 0.29) is 5.82 Å². The van der Waals surface area contributed by atoms with Gasteiger partial charge in [-0.1, -0.05) is 78.3 Å². The highest BCUT2D eigenvalue weighted by Gasteiger charge is 2.07. The normalized spacial score (nSPS) is 11.0. The van der Waals surface area contributed by atoms with Crippen molar-refractivity contribution in [2.75, 3.05) is 0 Å². The number of aryl methyl sites for hydroxylation is 2. The third-order valence-electron chi connectivity index (χ3n) is 4.70. The highest BCUT2D eigenvalue weighted by atomic mass is 35.5. The lowest BCUT2D eigenvalue weighted by Gasteiger charge is -2.08. The van der Waals surface area contributed by atoms with Crippen molar-refractivity contribution < 1.29 is 4.39 Å². The van der Waals surface area contributed by atoms with Crippen LogP contribution in [0.1, 0.15) is 11.1 Å². The molecule has 0 aliphatic rings. The highest BCUT2D eigenvalue weighted by molar-refractivity contribution is 6.30. The summed E-state index contributed by atoms with van der Waals surface area (Å²) < 4.78 is 14.5. The van der Waals surface area contributed by atoms with Crippen molar-refractivity contribution in [3.63, 3.8) is 0 Å². The van der Waals surface area contributed by atoms with E-state index >= 15 is 0 Å². The van der Waals surface area contributed by atoms with Crippen LogP contribution in [0, 0.1) is 5.82 Å². The maximum absolute atomic E-state index is 14.5. The van der Waals surface area contributed by atoms with Crippen molar-refractivity contribution >= 4 is 22.4 Å². The summed E-state index contributed by atoms with van der Waals surface area (Å²) in [5.74, 6) is -0.191. The van der Waals surface area contributed by atoms with Crippen LogP contribution in [-0.2, 0) is 12.8 Å². The Balaban J connectivity index is 1.51. The first kappa shape index (κ1) is 16.8. The van der Waals surface area contributed by atoms with Crippen LogP contribution in [0.3, 0.4) is 0 Å². The summed E-state index contributed by atoms with van der Waals surface area (Å²) in [4.78, 5) is 0. The summed E-state index contributed by atoms with van der Waals surface area (Å²) in [5, 5.41) is 3.14. The third kappa shape index (κ3) is 3.63. The van der Waals surface area contributed by atoms with Crippen molar-refractivity contribution in [2.24, 2.45) is 0 Å². The van der Waals surface area contributed by atoms with E-state index in [0.717, 1.165) is 24.0 Å².